The molecule has 1 aromatic heterocycles. The average molecular weight is 221 g/mol. The summed E-state index contributed by atoms with van der Waals surface area (Å²) in [5, 5.41) is 0. The lowest BCUT2D eigenvalue weighted by Gasteiger charge is -2.04. The molecular weight excluding hydrogens is 206 g/mol. The monoisotopic (exact) mass is 221 g/mol. The minimum atomic E-state index is -1.42. The van der Waals surface area contributed by atoms with Crippen LogP contribution in [0.3, 0.4) is 0 Å². The maximum atomic E-state index is 11.3. The van der Waals surface area contributed by atoms with E-state index < -0.39 is 8.07 Å². The van der Waals surface area contributed by atoms with Gasteiger partial charge >= 0.3 is 5.97 Å². The van der Waals surface area contributed by atoms with Gasteiger partial charge in [-0.15, -0.1) is 5.54 Å². The van der Waals surface area contributed by atoms with Gasteiger partial charge in [-0.2, -0.15) is 0 Å². The van der Waals surface area contributed by atoms with Crippen LogP contribution in [0, 0.1) is 11.6 Å². The van der Waals surface area contributed by atoms with E-state index in [1.54, 1.807) is 22.9 Å². The molecule has 1 aromatic rings. The van der Waals surface area contributed by atoms with Crippen molar-refractivity contribution in [3.05, 3.63) is 24.0 Å². The Labute approximate surface area is 91.1 Å². The number of rotatable bonds is 1. The van der Waals surface area contributed by atoms with Crippen LogP contribution in [0.4, 0.5) is 0 Å². The van der Waals surface area contributed by atoms with Crippen LogP contribution in [0.15, 0.2) is 18.3 Å². The molecule has 0 spiro atoms. The van der Waals surface area contributed by atoms with Gasteiger partial charge in [0.2, 0.25) is 0 Å². The topological polar surface area (TPSA) is 31.2 Å². The Morgan fingerprint density at radius 1 is 1.47 bits per heavy atom. The number of hydrogen-bond acceptors (Lipinski definition) is 2. The molecular formula is C11H15NO2Si. The Morgan fingerprint density at radius 2 is 2.13 bits per heavy atom. The Hall–Kier alpha value is -1.47. The molecule has 0 aliphatic heterocycles. The molecule has 0 aliphatic carbocycles. The number of esters is 1. The molecule has 0 saturated heterocycles. The molecule has 0 bridgehead atoms. The highest BCUT2D eigenvalue weighted by Crippen LogP contribution is 2.03. The smallest absolute Gasteiger partial charge is 0.355 e. The summed E-state index contributed by atoms with van der Waals surface area (Å²) in [5.41, 5.74) is 3.66. The minimum absolute atomic E-state index is 0.357. The molecule has 15 heavy (non-hydrogen) atoms. The van der Waals surface area contributed by atoms with Crippen LogP contribution in [0.2, 0.25) is 19.6 Å². The number of carbonyl (C=O) groups is 1. The lowest BCUT2D eigenvalue weighted by molar-refractivity contribution is 0.0592. The van der Waals surface area contributed by atoms with Gasteiger partial charge in [-0.3, -0.25) is 4.57 Å². The summed E-state index contributed by atoms with van der Waals surface area (Å²) >= 11 is 0. The first-order chi connectivity index (χ1) is 6.94. The Morgan fingerprint density at radius 3 is 2.67 bits per heavy atom. The van der Waals surface area contributed by atoms with E-state index >= 15 is 0 Å². The largest absolute Gasteiger partial charge is 0.464 e. The van der Waals surface area contributed by atoms with E-state index in [-0.39, 0.29) is 5.97 Å². The standard InChI is InChI=1S/C11H15NO2Si/c1-14-11(13)10-6-5-7-12(10)8-9-15(2,3)4/h5-7H,1-4H3. The zero-order chi connectivity index (χ0) is 11.5. The molecule has 80 valence electrons. The molecule has 1 heterocycles. The second-order valence-corrected chi connectivity index (χ2v) is 8.99. The van der Waals surface area contributed by atoms with Gasteiger partial charge in [0.15, 0.2) is 0 Å². The molecule has 1 rings (SSSR count). The summed E-state index contributed by atoms with van der Waals surface area (Å²) in [7, 11) is -0.0486. The highest BCUT2D eigenvalue weighted by molar-refractivity contribution is 6.83. The van der Waals surface area contributed by atoms with E-state index in [0.29, 0.717) is 5.69 Å². The van der Waals surface area contributed by atoms with Gasteiger partial charge in [-0.05, 0) is 12.1 Å². The minimum Gasteiger partial charge on any atom is -0.464 e. The Balaban J connectivity index is 3.00. The molecule has 0 radical (unpaired) electrons. The average Bonchev–Trinajstić information content (AvgIpc) is 2.60. The Bertz CT molecular complexity index is 418. The SMILES string of the molecule is COC(=O)c1cccn1C#C[Si](C)(C)C. The number of methoxy groups -OCH3 is 1. The van der Waals surface area contributed by atoms with Gasteiger partial charge in [-0.25, -0.2) is 4.79 Å². The molecule has 0 aliphatic rings. The highest BCUT2D eigenvalue weighted by Gasteiger charge is 2.11. The normalized spacial score (nSPS) is 10.4. The number of carbonyl (C=O) groups excluding carboxylic acids is 1. The van der Waals surface area contributed by atoms with Gasteiger partial charge in [0.25, 0.3) is 0 Å². The fourth-order valence-electron chi connectivity index (χ4n) is 0.977. The molecule has 0 unspecified atom stereocenters. The quantitative estimate of drug-likeness (QED) is 0.412. The zero-order valence-electron chi connectivity index (χ0n) is 9.50. The predicted molar refractivity (Wildman–Crippen MR) is 62.3 cm³/mol. The van der Waals surface area contributed by atoms with Crippen LogP contribution >= 0.6 is 0 Å². The van der Waals surface area contributed by atoms with Gasteiger partial charge in [0.05, 0.1) is 7.11 Å². The van der Waals surface area contributed by atoms with Crippen LogP contribution < -0.4 is 0 Å². The molecule has 0 saturated carbocycles. The molecule has 4 heteroatoms. The lowest BCUT2D eigenvalue weighted by atomic mass is 10.4. The molecule has 3 nitrogen and oxygen atoms in total. The Kier molecular flexibility index (Phi) is 3.38. The molecule has 0 atom stereocenters. The van der Waals surface area contributed by atoms with Crippen LogP contribution in [-0.2, 0) is 4.74 Å². The van der Waals surface area contributed by atoms with E-state index in [2.05, 4.69) is 36.0 Å². The summed E-state index contributed by atoms with van der Waals surface area (Å²) < 4.78 is 6.27. The van der Waals surface area contributed by atoms with Gasteiger partial charge in [0.1, 0.15) is 13.8 Å². The van der Waals surface area contributed by atoms with Crippen molar-refractivity contribution in [1.29, 1.82) is 0 Å². The maximum absolute atomic E-state index is 11.3. The van der Waals surface area contributed by atoms with Crippen molar-refractivity contribution in [1.82, 2.24) is 4.57 Å². The zero-order valence-corrected chi connectivity index (χ0v) is 10.5. The third-order valence-electron chi connectivity index (χ3n) is 1.69. The summed E-state index contributed by atoms with van der Waals surface area (Å²) in [6.07, 6.45) is 1.76. The fraction of sp³-hybridized carbons (Fsp3) is 0.364. The van der Waals surface area contributed by atoms with Crippen molar-refractivity contribution >= 4 is 14.0 Å². The summed E-state index contributed by atoms with van der Waals surface area (Å²) in [6.45, 7) is 6.46. The van der Waals surface area contributed by atoms with Crippen LogP contribution in [0.25, 0.3) is 0 Å². The van der Waals surface area contributed by atoms with Crippen LogP contribution in [0.1, 0.15) is 10.5 Å². The number of aromatic nitrogens is 1. The van der Waals surface area contributed by atoms with Crippen LogP contribution in [-0.4, -0.2) is 25.7 Å². The van der Waals surface area contributed by atoms with E-state index in [1.807, 2.05) is 0 Å². The first-order valence-corrected chi connectivity index (χ1v) is 8.23. The van der Waals surface area contributed by atoms with E-state index in [4.69, 9.17) is 0 Å². The summed E-state index contributed by atoms with van der Waals surface area (Å²) in [4.78, 5) is 11.3. The first-order valence-electron chi connectivity index (χ1n) is 4.73. The molecule has 0 amide bonds. The van der Waals surface area contributed by atoms with E-state index in [9.17, 15) is 4.79 Å². The lowest BCUT2D eigenvalue weighted by Crippen LogP contribution is -2.17. The number of ether oxygens (including phenoxy) is 1. The molecule has 0 N–H and O–H groups in total. The number of hydrogen-bond donors (Lipinski definition) is 0. The number of nitrogens with zero attached hydrogens (tertiary/aromatic N) is 1. The maximum Gasteiger partial charge on any atom is 0.355 e. The molecule has 0 aromatic carbocycles. The molecule has 0 fully saturated rings. The van der Waals surface area contributed by atoms with Crippen molar-refractivity contribution in [2.75, 3.05) is 7.11 Å². The summed E-state index contributed by atoms with van der Waals surface area (Å²) in [5.74, 6) is -0.357. The fourth-order valence-corrected chi connectivity index (χ4v) is 1.43. The van der Waals surface area contributed by atoms with Crippen LogP contribution in [0.5, 0.6) is 0 Å². The van der Waals surface area contributed by atoms with Crippen molar-refractivity contribution in [3.8, 4) is 11.6 Å². The van der Waals surface area contributed by atoms with Crippen molar-refractivity contribution in [3.63, 3.8) is 0 Å². The van der Waals surface area contributed by atoms with Gasteiger partial charge in [0, 0.05) is 12.2 Å². The van der Waals surface area contributed by atoms with Gasteiger partial charge < -0.3 is 4.74 Å². The second-order valence-electron chi connectivity index (χ2n) is 4.24. The first kappa shape index (κ1) is 11.6. The van der Waals surface area contributed by atoms with Crippen molar-refractivity contribution < 1.29 is 9.53 Å². The third kappa shape index (κ3) is 3.29. The third-order valence-corrected chi connectivity index (χ3v) is 2.56. The van der Waals surface area contributed by atoms with E-state index in [1.165, 1.54) is 7.11 Å². The van der Waals surface area contributed by atoms with Crippen molar-refractivity contribution in [2.24, 2.45) is 0 Å². The van der Waals surface area contributed by atoms with Gasteiger partial charge in [-0.1, -0.05) is 19.6 Å². The highest BCUT2D eigenvalue weighted by atomic mass is 28.3. The second kappa shape index (κ2) is 4.37. The van der Waals surface area contributed by atoms with Crippen molar-refractivity contribution in [2.45, 2.75) is 19.6 Å². The van der Waals surface area contributed by atoms with E-state index in [0.717, 1.165) is 0 Å². The predicted octanol–water partition coefficient (Wildman–Crippen LogP) is 1.96. The summed E-state index contributed by atoms with van der Waals surface area (Å²) in [6, 6.07) is 6.46.